The summed E-state index contributed by atoms with van der Waals surface area (Å²) < 4.78 is 30.4. The van der Waals surface area contributed by atoms with E-state index in [0.717, 1.165) is 77.0 Å². The van der Waals surface area contributed by atoms with Crippen LogP contribution in [0.25, 0.3) is 0 Å². The van der Waals surface area contributed by atoms with Gasteiger partial charge in [-0.2, -0.15) is 0 Å². The molecule has 3 unspecified atom stereocenters. The monoisotopic (exact) mass is 1120 g/mol. The van der Waals surface area contributed by atoms with Crippen LogP contribution in [-0.4, -0.2) is 69.4 Å². The second kappa shape index (κ2) is 58.2. The fraction of sp³-hybridized carbons (Fsp3) is 0.853. The van der Waals surface area contributed by atoms with Gasteiger partial charge in [0, 0.05) is 12.8 Å². The maximum atomic E-state index is 13.5. The Kier molecular flexibility index (Phi) is 56.7. The zero-order chi connectivity index (χ0) is 57.2. The molecule has 0 aliphatic carbocycles. The summed E-state index contributed by atoms with van der Waals surface area (Å²) in [7, 11) is 1.18. The lowest BCUT2D eigenvalue weighted by molar-refractivity contribution is -0.870. The van der Waals surface area contributed by atoms with Crippen LogP contribution in [0.5, 0.6) is 0 Å². The van der Waals surface area contributed by atoms with E-state index < -0.39 is 26.6 Å². The van der Waals surface area contributed by atoms with E-state index in [4.69, 9.17) is 13.8 Å². The van der Waals surface area contributed by atoms with Gasteiger partial charge in [-0.05, 0) is 70.3 Å². The summed E-state index contributed by atoms with van der Waals surface area (Å²) in [6.07, 6.45) is 72.3. The van der Waals surface area contributed by atoms with Crippen LogP contribution in [0.4, 0.5) is 0 Å². The molecule has 0 aromatic carbocycles. The van der Waals surface area contributed by atoms with E-state index in [9.17, 15) is 19.0 Å². The highest BCUT2D eigenvalue weighted by molar-refractivity contribution is 7.45. The predicted octanol–water partition coefficient (Wildman–Crippen LogP) is 20.2. The molecule has 458 valence electrons. The predicted molar refractivity (Wildman–Crippen MR) is 335 cm³/mol. The number of phosphoric acid groups is 1. The molecule has 78 heavy (non-hydrogen) atoms. The molecule has 1 amide bonds. The molecule has 0 spiro atoms. The molecule has 3 atom stereocenters. The largest absolute Gasteiger partial charge is 0.756 e. The number of amides is 1. The Morgan fingerprint density at radius 3 is 1.19 bits per heavy atom. The average Bonchev–Trinajstić information content (AvgIpc) is 3.40. The van der Waals surface area contributed by atoms with Crippen LogP contribution in [0.2, 0.25) is 0 Å². The number of ether oxygens (including phenoxy) is 1. The minimum Gasteiger partial charge on any atom is -0.756 e. The first kappa shape index (κ1) is 76.0. The van der Waals surface area contributed by atoms with Gasteiger partial charge in [0.2, 0.25) is 5.91 Å². The molecule has 0 aliphatic heterocycles. The zero-order valence-corrected chi connectivity index (χ0v) is 53.3. The van der Waals surface area contributed by atoms with E-state index in [-0.39, 0.29) is 24.9 Å². The number of quaternary nitrogens is 1. The molecule has 0 fully saturated rings. The highest BCUT2D eigenvalue weighted by Crippen LogP contribution is 2.38. The quantitative estimate of drug-likeness (QED) is 0.0212. The number of likely N-dealkylation sites (N-methyl/N-ethyl adjacent to an activating group) is 1. The van der Waals surface area contributed by atoms with E-state index in [0.29, 0.717) is 23.9 Å². The Hall–Kier alpha value is -2.03. The molecule has 0 bridgehead atoms. The van der Waals surface area contributed by atoms with Crippen molar-refractivity contribution < 1.29 is 37.3 Å². The number of nitrogens with zero attached hydrogens (tertiary/aromatic N) is 1. The molecule has 0 aromatic heterocycles. The highest BCUT2D eigenvalue weighted by atomic mass is 31.2. The number of hydrogen-bond donors (Lipinski definition) is 1. The van der Waals surface area contributed by atoms with Crippen LogP contribution < -0.4 is 10.2 Å². The summed E-state index contributed by atoms with van der Waals surface area (Å²) >= 11 is 0. The molecule has 0 radical (unpaired) electrons. The third-order valence-corrected chi connectivity index (χ3v) is 16.0. The molecular weight excluding hydrogens is 988 g/mol. The SMILES string of the molecule is CCCCC/C=C\C/C=C\C/C=C\CCCCCCC(=O)NC(COP(=O)([O-])OCC[N+](C)(C)C)C(/C=C\CCCCCCCCCCCC)OC(=O)CCCCCCCCCCCCCCCCCCCCCCCCC. The summed E-state index contributed by atoms with van der Waals surface area (Å²) in [5.74, 6) is -0.553. The van der Waals surface area contributed by atoms with Crippen molar-refractivity contribution in [2.45, 2.75) is 335 Å². The van der Waals surface area contributed by atoms with Gasteiger partial charge in [-0.1, -0.05) is 288 Å². The van der Waals surface area contributed by atoms with E-state index in [2.05, 4.69) is 62.5 Å². The van der Waals surface area contributed by atoms with Crippen molar-refractivity contribution in [2.75, 3.05) is 40.9 Å². The van der Waals surface area contributed by atoms with Gasteiger partial charge in [-0.25, -0.2) is 0 Å². The number of carbonyl (C=O) groups is 2. The standard InChI is InChI=1S/C68H129N2O7P/c1-7-10-13-16-19-22-25-28-30-32-33-34-35-36-37-39-41-43-46-49-52-55-58-61-68(72)77-66(59-56-53-50-47-44-27-24-21-18-15-12-9-3)65(64-76-78(73,74)75-63-62-70(4,5)6)69-67(71)60-57-54-51-48-45-42-40-38-31-29-26-23-20-17-14-11-8-2/h20,23,29,31,40,42,56,59,65-66H,7-19,21-22,24-28,30,32-39,41,43-55,57-58,60-64H2,1-6H3,(H-,69,71,73,74)/b23-20-,31-29-,42-40-,59-56-. The van der Waals surface area contributed by atoms with Gasteiger partial charge in [0.1, 0.15) is 19.3 Å². The maximum absolute atomic E-state index is 13.5. The van der Waals surface area contributed by atoms with Crippen molar-refractivity contribution in [2.24, 2.45) is 0 Å². The molecule has 0 aromatic rings. The number of unbranched alkanes of at least 4 members (excludes halogenated alkanes) is 39. The number of esters is 1. The Labute approximate surface area is 484 Å². The van der Waals surface area contributed by atoms with E-state index >= 15 is 0 Å². The van der Waals surface area contributed by atoms with Gasteiger partial charge in [0.15, 0.2) is 0 Å². The first-order chi connectivity index (χ1) is 37.9. The van der Waals surface area contributed by atoms with Crippen LogP contribution in [0.1, 0.15) is 323 Å². The Morgan fingerprint density at radius 1 is 0.449 bits per heavy atom. The number of phosphoric ester groups is 1. The number of carbonyl (C=O) groups excluding carboxylic acids is 2. The third-order valence-electron chi connectivity index (χ3n) is 15.0. The molecule has 10 heteroatoms. The van der Waals surface area contributed by atoms with E-state index in [1.54, 1.807) is 0 Å². The Bertz CT molecular complexity index is 1470. The number of hydrogen-bond acceptors (Lipinski definition) is 7. The van der Waals surface area contributed by atoms with E-state index in [1.165, 1.54) is 205 Å². The van der Waals surface area contributed by atoms with Crippen molar-refractivity contribution in [3.05, 3.63) is 48.6 Å². The van der Waals surface area contributed by atoms with Gasteiger partial charge < -0.3 is 28.5 Å². The first-order valence-electron chi connectivity index (χ1n) is 33.4. The highest BCUT2D eigenvalue weighted by Gasteiger charge is 2.27. The molecule has 0 rings (SSSR count). The second-order valence-corrected chi connectivity index (χ2v) is 25.4. The summed E-state index contributed by atoms with van der Waals surface area (Å²) in [4.78, 5) is 40.1. The molecule has 0 heterocycles. The Morgan fingerprint density at radius 2 is 0.782 bits per heavy atom. The van der Waals surface area contributed by atoms with Crippen molar-refractivity contribution >= 4 is 19.7 Å². The molecule has 1 N–H and O–H groups in total. The lowest BCUT2D eigenvalue weighted by Crippen LogP contribution is -2.47. The van der Waals surface area contributed by atoms with Crippen LogP contribution in [0.15, 0.2) is 48.6 Å². The number of rotatable bonds is 61. The van der Waals surface area contributed by atoms with Gasteiger partial charge >= 0.3 is 5.97 Å². The first-order valence-corrected chi connectivity index (χ1v) is 34.9. The van der Waals surface area contributed by atoms with E-state index in [1.807, 2.05) is 33.3 Å². The van der Waals surface area contributed by atoms with Crippen molar-refractivity contribution in [1.29, 1.82) is 0 Å². The summed E-state index contributed by atoms with van der Waals surface area (Å²) in [6, 6.07) is -0.898. The van der Waals surface area contributed by atoms with Crippen LogP contribution in [0.3, 0.4) is 0 Å². The average molecular weight is 1120 g/mol. The van der Waals surface area contributed by atoms with Crippen LogP contribution in [0, 0.1) is 0 Å². The molecule has 0 saturated heterocycles. The van der Waals surface area contributed by atoms with Gasteiger partial charge in [0.05, 0.1) is 33.8 Å². The topological polar surface area (TPSA) is 114 Å². The third kappa shape index (κ3) is 58.6. The molecular formula is C68H129N2O7P. The second-order valence-electron chi connectivity index (χ2n) is 24.0. The van der Waals surface area contributed by atoms with Crippen molar-refractivity contribution in [1.82, 2.24) is 5.32 Å². The minimum absolute atomic E-state index is 0.0258. The van der Waals surface area contributed by atoms with Gasteiger partial charge in [0.25, 0.3) is 7.82 Å². The lowest BCUT2D eigenvalue weighted by Gasteiger charge is -2.30. The fourth-order valence-electron chi connectivity index (χ4n) is 9.83. The van der Waals surface area contributed by atoms with Crippen LogP contribution in [-0.2, 0) is 27.9 Å². The number of allylic oxidation sites excluding steroid dienone is 7. The Balaban J connectivity index is 5.14. The van der Waals surface area contributed by atoms with Crippen molar-refractivity contribution in [3.63, 3.8) is 0 Å². The zero-order valence-electron chi connectivity index (χ0n) is 52.4. The maximum Gasteiger partial charge on any atom is 0.306 e. The van der Waals surface area contributed by atoms with Gasteiger partial charge in [-0.3, -0.25) is 14.2 Å². The fourth-order valence-corrected chi connectivity index (χ4v) is 10.5. The summed E-state index contributed by atoms with van der Waals surface area (Å²) in [5, 5.41) is 3.02. The number of nitrogens with one attached hydrogen (secondary N) is 1. The molecule has 0 saturated carbocycles. The van der Waals surface area contributed by atoms with Crippen molar-refractivity contribution in [3.8, 4) is 0 Å². The molecule has 9 nitrogen and oxygen atoms in total. The minimum atomic E-state index is -4.70. The smallest absolute Gasteiger partial charge is 0.306 e. The van der Waals surface area contributed by atoms with Crippen LogP contribution >= 0.6 is 7.82 Å². The lowest BCUT2D eigenvalue weighted by atomic mass is 10.0. The normalized spacial score (nSPS) is 13.9. The summed E-state index contributed by atoms with van der Waals surface area (Å²) in [6.45, 7) is 6.84. The summed E-state index contributed by atoms with van der Waals surface area (Å²) in [5.41, 5.74) is 0. The van der Waals surface area contributed by atoms with Gasteiger partial charge in [-0.15, -0.1) is 0 Å². The molecule has 0 aliphatic rings.